The molecular formula is C31H43ClN2O3S2Si. The first-order chi connectivity index (χ1) is 18.6. The third-order valence-electron chi connectivity index (χ3n) is 8.46. The van der Waals surface area contributed by atoms with Crippen molar-refractivity contribution >= 4 is 68.0 Å². The maximum Gasteiger partial charge on any atom is 0.274 e. The molecule has 0 aliphatic carbocycles. The average Bonchev–Trinajstić information content (AvgIpc) is 3.32. The number of sulfonamides is 1. The van der Waals surface area contributed by atoms with Crippen molar-refractivity contribution in [3.63, 3.8) is 0 Å². The van der Waals surface area contributed by atoms with E-state index in [2.05, 4.69) is 52.3 Å². The highest BCUT2D eigenvalue weighted by molar-refractivity contribution is 7.95. The Hall–Kier alpha value is -2.00. The zero-order valence-electron chi connectivity index (χ0n) is 25.3. The van der Waals surface area contributed by atoms with Gasteiger partial charge in [-0.05, 0) is 85.7 Å². The van der Waals surface area contributed by atoms with Gasteiger partial charge in [-0.2, -0.15) is 0 Å². The average molecular weight is 619 g/mol. The van der Waals surface area contributed by atoms with Crippen LogP contribution in [-0.2, 0) is 17.1 Å². The van der Waals surface area contributed by atoms with Crippen molar-refractivity contribution in [1.82, 2.24) is 4.57 Å². The molecule has 40 heavy (non-hydrogen) atoms. The molecule has 4 aromatic rings. The lowest BCUT2D eigenvalue weighted by Gasteiger charge is -2.36. The second-order valence-electron chi connectivity index (χ2n) is 12.3. The third kappa shape index (κ3) is 5.69. The van der Waals surface area contributed by atoms with E-state index in [4.69, 9.17) is 16.0 Å². The van der Waals surface area contributed by atoms with Gasteiger partial charge in [-0.15, -0.1) is 11.3 Å². The Balaban J connectivity index is 1.87. The lowest BCUT2D eigenvalue weighted by molar-refractivity contribution is 0.491. The van der Waals surface area contributed by atoms with Crippen LogP contribution in [-0.4, -0.2) is 27.8 Å². The summed E-state index contributed by atoms with van der Waals surface area (Å²) in [6.45, 7) is 17.7. The zero-order chi connectivity index (χ0) is 29.6. The van der Waals surface area contributed by atoms with Gasteiger partial charge in [0, 0.05) is 28.7 Å². The number of anilines is 1. The number of rotatable bonds is 10. The SMILES string of the molecule is CCCCCCN(c1ccc2c(c1)c(O[Si](C)(C)C(C)(C)C)c(C)n2C)S(=O)(=O)c1sc2ccc(Cl)cc2c1C. The normalized spacial score (nSPS) is 12.9. The van der Waals surface area contributed by atoms with Crippen LogP contribution in [0.3, 0.4) is 0 Å². The minimum Gasteiger partial charge on any atom is -0.542 e. The second kappa shape index (κ2) is 11.3. The standard InChI is InChI=1S/C31H43ClN2O3S2Si/c1-10-11-12-13-18-34(39(35,36)30-21(2)25-19-23(32)14-17-28(25)38-30)24-15-16-27-26(20-24)29(22(3)33(27)7)37-40(8,9)31(4,5)6/h14-17,19-20H,10-13,18H2,1-9H3. The number of nitrogens with zero attached hydrogens (tertiary/aromatic N) is 2. The number of hydrogen-bond acceptors (Lipinski definition) is 4. The zero-order valence-corrected chi connectivity index (χ0v) is 28.7. The number of aryl methyl sites for hydroxylation is 2. The van der Waals surface area contributed by atoms with Crippen LogP contribution in [0.25, 0.3) is 21.0 Å². The molecule has 5 nitrogen and oxygen atoms in total. The Kier molecular flexibility index (Phi) is 8.78. The smallest absolute Gasteiger partial charge is 0.274 e. The van der Waals surface area contributed by atoms with Crippen molar-refractivity contribution in [2.24, 2.45) is 7.05 Å². The summed E-state index contributed by atoms with van der Waals surface area (Å²) in [7, 11) is -3.91. The highest BCUT2D eigenvalue weighted by Gasteiger charge is 2.40. The Labute approximate surface area is 250 Å². The van der Waals surface area contributed by atoms with Crippen LogP contribution < -0.4 is 8.73 Å². The topological polar surface area (TPSA) is 51.5 Å². The van der Waals surface area contributed by atoms with Gasteiger partial charge in [0.2, 0.25) is 0 Å². The molecule has 2 aromatic carbocycles. The molecule has 2 heterocycles. The minimum atomic E-state index is -3.82. The summed E-state index contributed by atoms with van der Waals surface area (Å²) < 4.78 is 40.7. The number of benzene rings is 2. The van der Waals surface area contributed by atoms with Crippen LogP contribution in [0.2, 0.25) is 23.2 Å². The van der Waals surface area contributed by atoms with Crippen molar-refractivity contribution in [1.29, 1.82) is 0 Å². The van der Waals surface area contributed by atoms with Gasteiger partial charge in [-0.3, -0.25) is 4.31 Å². The number of halogens is 1. The molecular weight excluding hydrogens is 576 g/mol. The molecule has 4 rings (SSSR count). The first-order valence-corrected chi connectivity index (χ1v) is 19.6. The van der Waals surface area contributed by atoms with Gasteiger partial charge in [-0.25, -0.2) is 8.42 Å². The summed E-state index contributed by atoms with van der Waals surface area (Å²) in [5.74, 6) is 0.863. The van der Waals surface area contributed by atoms with Gasteiger partial charge in [0.15, 0.2) is 0 Å². The van der Waals surface area contributed by atoms with E-state index in [1.165, 1.54) is 11.3 Å². The van der Waals surface area contributed by atoms with Crippen LogP contribution in [0.15, 0.2) is 40.6 Å². The summed E-state index contributed by atoms with van der Waals surface area (Å²) in [6, 6.07) is 11.6. The summed E-state index contributed by atoms with van der Waals surface area (Å²) in [4.78, 5) is 0. The number of fused-ring (bicyclic) bond motifs is 2. The Morgan fingerprint density at radius 3 is 2.38 bits per heavy atom. The Morgan fingerprint density at radius 1 is 1.02 bits per heavy atom. The highest BCUT2D eigenvalue weighted by Crippen LogP contribution is 2.43. The molecule has 0 bridgehead atoms. The van der Waals surface area contributed by atoms with E-state index in [0.29, 0.717) is 21.5 Å². The fourth-order valence-electron chi connectivity index (χ4n) is 4.81. The van der Waals surface area contributed by atoms with E-state index < -0.39 is 18.3 Å². The number of thiophene rings is 1. The lowest BCUT2D eigenvalue weighted by Crippen LogP contribution is -2.44. The maximum absolute atomic E-state index is 14.4. The molecule has 0 saturated carbocycles. The predicted octanol–water partition coefficient (Wildman–Crippen LogP) is 9.82. The third-order valence-corrected chi connectivity index (χ3v) is 16.7. The van der Waals surface area contributed by atoms with Crippen molar-refractivity contribution in [3.8, 4) is 5.75 Å². The largest absolute Gasteiger partial charge is 0.542 e. The number of aromatic nitrogens is 1. The fraction of sp³-hybridized carbons (Fsp3) is 0.484. The van der Waals surface area contributed by atoms with Crippen LogP contribution in [0.4, 0.5) is 5.69 Å². The van der Waals surface area contributed by atoms with Crippen LogP contribution in [0.5, 0.6) is 5.75 Å². The number of unbranched alkanes of at least 4 members (excludes halogenated alkanes) is 3. The van der Waals surface area contributed by atoms with Gasteiger partial charge in [0.05, 0.1) is 16.9 Å². The predicted molar refractivity (Wildman–Crippen MR) is 176 cm³/mol. The minimum absolute atomic E-state index is 0.0372. The van der Waals surface area contributed by atoms with E-state index in [1.807, 2.05) is 50.4 Å². The molecule has 218 valence electrons. The molecule has 0 fully saturated rings. The van der Waals surface area contributed by atoms with Crippen molar-refractivity contribution in [3.05, 3.63) is 52.7 Å². The molecule has 0 spiro atoms. The molecule has 9 heteroatoms. The van der Waals surface area contributed by atoms with E-state index in [9.17, 15) is 8.42 Å². The van der Waals surface area contributed by atoms with Gasteiger partial charge in [0.1, 0.15) is 9.96 Å². The van der Waals surface area contributed by atoms with Crippen LogP contribution in [0.1, 0.15) is 64.6 Å². The highest BCUT2D eigenvalue weighted by atomic mass is 35.5. The molecule has 2 aromatic heterocycles. The summed E-state index contributed by atoms with van der Waals surface area (Å²) >= 11 is 7.58. The van der Waals surface area contributed by atoms with E-state index in [-0.39, 0.29) is 5.04 Å². The van der Waals surface area contributed by atoms with Gasteiger partial charge in [-0.1, -0.05) is 58.6 Å². The molecule has 0 saturated heterocycles. The molecule has 0 atom stereocenters. The molecule has 0 aliphatic heterocycles. The van der Waals surface area contributed by atoms with Crippen molar-refractivity contribution in [2.75, 3.05) is 10.8 Å². The Morgan fingerprint density at radius 2 is 1.73 bits per heavy atom. The van der Waals surface area contributed by atoms with Crippen LogP contribution in [0, 0.1) is 13.8 Å². The van der Waals surface area contributed by atoms with E-state index in [0.717, 1.165) is 63.7 Å². The first-order valence-electron chi connectivity index (χ1n) is 14.1. The van der Waals surface area contributed by atoms with Crippen molar-refractivity contribution in [2.45, 2.75) is 89.6 Å². The molecule has 0 radical (unpaired) electrons. The number of hydrogen-bond donors (Lipinski definition) is 0. The Bertz CT molecular complexity index is 1650. The summed E-state index contributed by atoms with van der Waals surface area (Å²) in [5, 5.41) is 2.49. The summed E-state index contributed by atoms with van der Waals surface area (Å²) in [6.07, 6.45) is 3.94. The molecule has 0 unspecified atom stereocenters. The van der Waals surface area contributed by atoms with E-state index in [1.54, 1.807) is 4.31 Å². The van der Waals surface area contributed by atoms with Gasteiger partial charge in [0.25, 0.3) is 18.3 Å². The fourth-order valence-corrected chi connectivity index (χ4v) is 9.39. The molecule has 0 amide bonds. The monoisotopic (exact) mass is 618 g/mol. The van der Waals surface area contributed by atoms with E-state index >= 15 is 0 Å². The maximum atomic E-state index is 14.4. The summed E-state index contributed by atoms with van der Waals surface area (Å²) in [5.41, 5.74) is 3.50. The van der Waals surface area contributed by atoms with Gasteiger partial charge >= 0.3 is 0 Å². The first kappa shape index (κ1) is 30.9. The van der Waals surface area contributed by atoms with Crippen molar-refractivity contribution < 1.29 is 12.8 Å². The van der Waals surface area contributed by atoms with Gasteiger partial charge < -0.3 is 8.99 Å². The lowest BCUT2D eigenvalue weighted by atomic mass is 10.2. The second-order valence-corrected chi connectivity index (χ2v) is 20.6. The van der Waals surface area contributed by atoms with Crippen LogP contribution >= 0.6 is 22.9 Å². The molecule has 0 aliphatic rings. The quantitative estimate of drug-likeness (QED) is 0.131. The molecule has 0 N–H and O–H groups in total.